The van der Waals surface area contributed by atoms with E-state index in [0.29, 0.717) is 5.41 Å². The van der Waals surface area contributed by atoms with Gasteiger partial charge in [0.25, 0.3) is 0 Å². The van der Waals surface area contributed by atoms with E-state index in [0.717, 1.165) is 24.8 Å². The molecule has 4 rings (SSSR count). The van der Waals surface area contributed by atoms with Gasteiger partial charge in [-0.2, -0.15) is 0 Å². The van der Waals surface area contributed by atoms with Crippen LogP contribution in [0.3, 0.4) is 0 Å². The number of carbonyl (C=O) groups excluding carboxylic acids is 1. The largest absolute Gasteiger partial charge is 0.350 e. The number of hydrogen-bond donors (Lipinski definition) is 2. The Hall–Kier alpha value is -0.570. The van der Waals surface area contributed by atoms with E-state index in [2.05, 4.69) is 5.32 Å². The van der Waals surface area contributed by atoms with Crippen molar-refractivity contribution in [3.63, 3.8) is 0 Å². The number of nitrogens with one attached hydrogen (secondary N) is 1. The summed E-state index contributed by atoms with van der Waals surface area (Å²) in [5, 5.41) is 3.43. The van der Waals surface area contributed by atoms with Gasteiger partial charge >= 0.3 is 0 Å². The molecule has 0 heterocycles. The summed E-state index contributed by atoms with van der Waals surface area (Å²) in [6.45, 7) is 4.78. The van der Waals surface area contributed by atoms with E-state index in [9.17, 15) is 4.79 Å². The lowest BCUT2D eigenvalue weighted by atomic mass is 9.46. The standard InChI is InChI=1S/C16H28N2O/c1-11(2)14(19)18-16-8-12-5-13(9-16)7-15(6-12,10-16)3-4-17/h11-13H,3-10,17H2,1-2H3,(H,18,19). The van der Waals surface area contributed by atoms with Crippen LogP contribution in [0.15, 0.2) is 0 Å². The van der Waals surface area contributed by atoms with Crippen molar-refractivity contribution in [2.45, 2.75) is 64.3 Å². The highest BCUT2D eigenvalue weighted by Crippen LogP contribution is 2.62. The normalized spacial score (nSPS) is 43.8. The van der Waals surface area contributed by atoms with Crippen molar-refractivity contribution < 1.29 is 4.79 Å². The molecule has 4 bridgehead atoms. The summed E-state index contributed by atoms with van der Waals surface area (Å²) in [6.07, 6.45) is 8.89. The highest BCUT2D eigenvalue weighted by Gasteiger charge is 2.57. The molecule has 2 unspecified atom stereocenters. The summed E-state index contributed by atoms with van der Waals surface area (Å²) in [7, 11) is 0. The predicted molar refractivity (Wildman–Crippen MR) is 76.5 cm³/mol. The smallest absolute Gasteiger partial charge is 0.222 e. The Bertz CT molecular complexity index is 363. The first-order valence-corrected chi connectivity index (χ1v) is 7.98. The van der Waals surface area contributed by atoms with E-state index in [4.69, 9.17) is 5.73 Å². The van der Waals surface area contributed by atoms with Gasteiger partial charge in [-0.25, -0.2) is 0 Å². The van der Waals surface area contributed by atoms with Crippen LogP contribution in [0.25, 0.3) is 0 Å². The first-order chi connectivity index (χ1) is 8.96. The molecule has 3 heteroatoms. The molecule has 0 aliphatic heterocycles. The van der Waals surface area contributed by atoms with Crippen LogP contribution in [-0.4, -0.2) is 18.0 Å². The number of rotatable bonds is 4. The van der Waals surface area contributed by atoms with Gasteiger partial charge in [-0.1, -0.05) is 13.8 Å². The van der Waals surface area contributed by atoms with E-state index in [1.807, 2.05) is 13.8 Å². The first-order valence-electron chi connectivity index (χ1n) is 7.98. The maximum atomic E-state index is 12.2. The van der Waals surface area contributed by atoms with Crippen LogP contribution < -0.4 is 11.1 Å². The average molecular weight is 264 g/mol. The molecule has 3 N–H and O–H groups in total. The summed E-state index contributed by atoms with van der Waals surface area (Å²) in [5.74, 6) is 2.00. The lowest BCUT2D eigenvalue weighted by Crippen LogP contribution is -2.63. The van der Waals surface area contributed by atoms with E-state index >= 15 is 0 Å². The summed E-state index contributed by atoms with van der Waals surface area (Å²) >= 11 is 0. The Kier molecular flexibility index (Phi) is 3.16. The second kappa shape index (κ2) is 4.47. The second-order valence-corrected chi connectivity index (χ2v) is 7.92. The van der Waals surface area contributed by atoms with Crippen LogP contribution >= 0.6 is 0 Å². The first kappa shape index (κ1) is 13.4. The highest BCUT2D eigenvalue weighted by atomic mass is 16.2. The van der Waals surface area contributed by atoms with Crippen molar-refractivity contribution >= 4 is 5.91 Å². The number of hydrogen-bond acceptors (Lipinski definition) is 2. The van der Waals surface area contributed by atoms with Gasteiger partial charge < -0.3 is 11.1 Å². The van der Waals surface area contributed by atoms with Crippen molar-refractivity contribution in [3.05, 3.63) is 0 Å². The third-order valence-electron chi connectivity index (χ3n) is 5.77. The molecule has 0 aromatic carbocycles. The van der Waals surface area contributed by atoms with Crippen LogP contribution in [0.1, 0.15) is 58.8 Å². The fourth-order valence-corrected chi connectivity index (χ4v) is 5.60. The van der Waals surface area contributed by atoms with Crippen LogP contribution in [0.2, 0.25) is 0 Å². The molecule has 0 aromatic heterocycles. The lowest BCUT2D eigenvalue weighted by molar-refractivity contribution is -0.134. The fraction of sp³-hybridized carbons (Fsp3) is 0.938. The molecule has 0 radical (unpaired) electrons. The Morgan fingerprint density at radius 2 is 1.89 bits per heavy atom. The quantitative estimate of drug-likeness (QED) is 0.819. The third kappa shape index (κ3) is 2.31. The topological polar surface area (TPSA) is 55.1 Å². The maximum Gasteiger partial charge on any atom is 0.222 e. The molecule has 0 aromatic rings. The summed E-state index contributed by atoms with van der Waals surface area (Å²) in [5.41, 5.74) is 6.41. The molecule has 4 saturated carbocycles. The molecule has 108 valence electrons. The molecule has 2 atom stereocenters. The highest BCUT2D eigenvalue weighted by molar-refractivity contribution is 5.78. The Morgan fingerprint density at radius 1 is 1.26 bits per heavy atom. The number of nitrogens with two attached hydrogens (primary N) is 1. The molecule has 0 saturated heterocycles. The maximum absolute atomic E-state index is 12.2. The van der Waals surface area contributed by atoms with Crippen LogP contribution in [0.4, 0.5) is 0 Å². The van der Waals surface area contributed by atoms with E-state index in [1.54, 1.807) is 0 Å². The number of amides is 1. The molecule has 1 amide bonds. The zero-order chi connectivity index (χ0) is 13.7. The molecular weight excluding hydrogens is 236 g/mol. The minimum Gasteiger partial charge on any atom is -0.350 e. The van der Waals surface area contributed by atoms with Crippen LogP contribution in [-0.2, 0) is 4.79 Å². The minimum absolute atomic E-state index is 0.0958. The van der Waals surface area contributed by atoms with Crippen molar-refractivity contribution in [1.82, 2.24) is 5.32 Å². The van der Waals surface area contributed by atoms with E-state index < -0.39 is 0 Å². The zero-order valence-corrected chi connectivity index (χ0v) is 12.4. The van der Waals surface area contributed by atoms with E-state index in [1.165, 1.54) is 38.5 Å². The molecule has 3 nitrogen and oxygen atoms in total. The van der Waals surface area contributed by atoms with Gasteiger partial charge in [-0.05, 0) is 68.7 Å². The fourth-order valence-electron chi connectivity index (χ4n) is 5.60. The van der Waals surface area contributed by atoms with Crippen molar-refractivity contribution in [1.29, 1.82) is 0 Å². The van der Waals surface area contributed by atoms with Gasteiger partial charge in [0.2, 0.25) is 5.91 Å². The lowest BCUT2D eigenvalue weighted by Gasteiger charge is -2.62. The zero-order valence-electron chi connectivity index (χ0n) is 12.4. The van der Waals surface area contributed by atoms with Gasteiger partial charge in [-0.3, -0.25) is 4.79 Å². The molecule has 0 spiro atoms. The van der Waals surface area contributed by atoms with Gasteiger partial charge in [-0.15, -0.1) is 0 Å². The third-order valence-corrected chi connectivity index (χ3v) is 5.77. The summed E-state index contributed by atoms with van der Waals surface area (Å²) in [4.78, 5) is 12.2. The molecule has 4 aliphatic carbocycles. The molecule has 19 heavy (non-hydrogen) atoms. The van der Waals surface area contributed by atoms with Crippen molar-refractivity contribution in [3.8, 4) is 0 Å². The summed E-state index contributed by atoms with van der Waals surface area (Å²) < 4.78 is 0. The second-order valence-electron chi connectivity index (χ2n) is 7.92. The van der Waals surface area contributed by atoms with Crippen molar-refractivity contribution in [2.24, 2.45) is 28.9 Å². The van der Waals surface area contributed by atoms with Gasteiger partial charge in [0.15, 0.2) is 0 Å². The molecule has 4 fully saturated rings. The van der Waals surface area contributed by atoms with Gasteiger partial charge in [0.1, 0.15) is 0 Å². The van der Waals surface area contributed by atoms with E-state index in [-0.39, 0.29) is 17.4 Å². The monoisotopic (exact) mass is 264 g/mol. The Balaban J connectivity index is 1.81. The molecular formula is C16H28N2O. The Labute approximate surface area is 116 Å². The predicted octanol–water partition coefficient (Wildman–Crippen LogP) is 2.45. The number of carbonyl (C=O) groups is 1. The summed E-state index contributed by atoms with van der Waals surface area (Å²) in [6, 6.07) is 0. The molecule has 4 aliphatic rings. The van der Waals surface area contributed by atoms with Crippen LogP contribution in [0, 0.1) is 23.2 Å². The van der Waals surface area contributed by atoms with Gasteiger partial charge in [0.05, 0.1) is 0 Å². The minimum atomic E-state index is 0.0958. The van der Waals surface area contributed by atoms with Gasteiger partial charge in [0, 0.05) is 11.5 Å². The Morgan fingerprint density at radius 3 is 2.42 bits per heavy atom. The SMILES string of the molecule is CC(C)C(=O)NC12CC3CC(CC(CCN)(C3)C1)C2. The van der Waals surface area contributed by atoms with Crippen LogP contribution in [0.5, 0.6) is 0 Å². The van der Waals surface area contributed by atoms with Crippen molar-refractivity contribution in [2.75, 3.05) is 6.54 Å². The average Bonchev–Trinajstić information content (AvgIpc) is 2.25.